The first kappa shape index (κ1) is 18.9. The van der Waals surface area contributed by atoms with Crippen molar-refractivity contribution in [2.75, 3.05) is 13.2 Å². The largest absolute Gasteiger partial charge is 0.481 e. The molecule has 5 heteroatoms. The van der Waals surface area contributed by atoms with Crippen molar-refractivity contribution >= 4 is 11.9 Å². The second kappa shape index (κ2) is 12.9. The third kappa shape index (κ3) is 12.0. The third-order valence-corrected chi connectivity index (χ3v) is 3.27. The molecule has 118 valence electrons. The van der Waals surface area contributed by atoms with Crippen LogP contribution in [0.5, 0.6) is 0 Å². The van der Waals surface area contributed by atoms with E-state index in [0.717, 1.165) is 12.8 Å². The van der Waals surface area contributed by atoms with Crippen LogP contribution in [0.4, 0.5) is 0 Å². The molecule has 1 unspecified atom stereocenters. The van der Waals surface area contributed by atoms with Gasteiger partial charge in [-0.1, -0.05) is 45.4 Å². The standard InChI is InChI=1S/C15H28O5/c1-2-3-4-5-6-7-8-10-20-11-9-13(15(18)19)12-14(16)17/h13H,2-12H2,1H3,(H,16,17)(H,18,19). The van der Waals surface area contributed by atoms with Crippen molar-refractivity contribution in [2.24, 2.45) is 5.92 Å². The number of carboxylic acid groups (broad SMARTS) is 2. The van der Waals surface area contributed by atoms with Crippen LogP contribution >= 0.6 is 0 Å². The molecule has 0 saturated heterocycles. The molecule has 0 aliphatic carbocycles. The summed E-state index contributed by atoms with van der Waals surface area (Å²) in [6, 6.07) is 0. The fraction of sp³-hybridized carbons (Fsp3) is 0.867. The van der Waals surface area contributed by atoms with Gasteiger partial charge in [-0.25, -0.2) is 0 Å². The average Bonchev–Trinajstić information content (AvgIpc) is 2.39. The first-order valence-corrected chi connectivity index (χ1v) is 7.60. The molecule has 0 aliphatic heterocycles. The minimum atomic E-state index is -1.08. The number of carbonyl (C=O) groups is 2. The number of ether oxygens (including phenoxy) is 1. The normalized spacial score (nSPS) is 12.2. The Kier molecular flexibility index (Phi) is 12.2. The number of aliphatic carboxylic acids is 2. The monoisotopic (exact) mass is 288 g/mol. The van der Waals surface area contributed by atoms with Crippen LogP contribution in [-0.4, -0.2) is 35.4 Å². The van der Waals surface area contributed by atoms with Crippen molar-refractivity contribution in [1.29, 1.82) is 0 Å². The zero-order valence-electron chi connectivity index (χ0n) is 12.5. The summed E-state index contributed by atoms with van der Waals surface area (Å²) >= 11 is 0. The zero-order chi connectivity index (χ0) is 15.2. The Labute approximate surface area is 121 Å². The molecule has 1 atom stereocenters. The molecule has 0 saturated carbocycles. The Morgan fingerprint density at radius 2 is 1.55 bits per heavy atom. The van der Waals surface area contributed by atoms with Gasteiger partial charge in [-0.05, 0) is 12.8 Å². The first-order chi connectivity index (χ1) is 9.57. The summed E-state index contributed by atoms with van der Waals surface area (Å²) in [5.74, 6) is -2.99. The predicted octanol–water partition coefficient (Wildman–Crippen LogP) is 3.32. The lowest BCUT2D eigenvalue weighted by atomic mass is 10.0. The molecule has 0 bridgehead atoms. The Morgan fingerprint density at radius 3 is 2.10 bits per heavy atom. The Morgan fingerprint density at radius 1 is 0.950 bits per heavy atom. The second-order valence-corrected chi connectivity index (χ2v) is 5.16. The molecule has 0 aromatic heterocycles. The highest BCUT2D eigenvalue weighted by molar-refractivity contribution is 5.77. The van der Waals surface area contributed by atoms with Crippen LogP contribution in [0.3, 0.4) is 0 Å². The van der Waals surface area contributed by atoms with Crippen molar-refractivity contribution in [1.82, 2.24) is 0 Å². The lowest BCUT2D eigenvalue weighted by Gasteiger charge is -2.10. The molecule has 0 radical (unpaired) electrons. The van der Waals surface area contributed by atoms with Crippen LogP contribution in [-0.2, 0) is 14.3 Å². The summed E-state index contributed by atoms with van der Waals surface area (Å²) in [4.78, 5) is 21.3. The molecular formula is C15H28O5. The van der Waals surface area contributed by atoms with Crippen LogP contribution in [0.1, 0.15) is 64.7 Å². The van der Waals surface area contributed by atoms with Gasteiger partial charge < -0.3 is 14.9 Å². The molecule has 0 spiro atoms. The van der Waals surface area contributed by atoms with Gasteiger partial charge in [0.2, 0.25) is 0 Å². The molecule has 0 aromatic rings. The SMILES string of the molecule is CCCCCCCCCOCCC(CC(=O)O)C(=O)O. The highest BCUT2D eigenvalue weighted by atomic mass is 16.5. The molecule has 2 N–H and O–H groups in total. The number of unbranched alkanes of at least 4 members (excludes halogenated alkanes) is 6. The van der Waals surface area contributed by atoms with E-state index in [4.69, 9.17) is 14.9 Å². The predicted molar refractivity (Wildman–Crippen MR) is 76.8 cm³/mol. The highest BCUT2D eigenvalue weighted by Gasteiger charge is 2.20. The van der Waals surface area contributed by atoms with E-state index in [1.165, 1.54) is 32.1 Å². The van der Waals surface area contributed by atoms with Crippen LogP contribution in [0.25, 0.3) is 0 Å². The van der Waals surface area contributed by atoms with Crippen molar-refractivity contribution in [3.05, 3.63) is 0 Å². The van der Waals surface area contributed by atoms with Gasteiger partial charge in [0, 0.05) is 13.2 Å². The molecule has 5 nitrogen and oxygen atoms in total. The maximum absolute atomic E-state index is 10.8. The first-order valence-electron chi connectivity index (χ1n) is 7.60. The summed E-state index contributed by atoms with van der Waals surface area (Å²) in [6.07, 6.45) is 8.40. The maximum atomic E-state index is 10.8. The fourth-order valence-electron chi connectivity index (χ4n) is 2.01. The summed E-state index contributed by atoms with van der Waals surface area (Å²) < 4.78 is 5.37. The minimum Gasteiger partial charge on any atom is -0.481 e. The smallest absolute Gasteiger partial charge is 0.307 e. The second-order valence-electron chi connectivity index (χ2n) is 5.16. The molecular weight excluding hydrogens is 260 g/mol. The summed E-state index contributed by atoms with van der Waals surface area (Å²) in [6.45, 7) is 3.15. The van der Waals surface area contributed by atoms with Gasteiger partial charge in [-0.15, -0.1) is 0 Å². The Balaban J connectivity index is 3.41. The van der Waals surface area contributed by atoms with Gasteiger partial charge in [-0.2, -0.15) is 0 Å². The van der Waals surface area contributed by atoms with E-state index in [0.29, 0.717) is 13.2 Å². The molecule has 0 heterocycles. The van der Waals surface area contributed by atoms with Gasteiger partial charge in [0.25, 0.3) is 0 Å². The van der Waals surface area contributed by atoms with E-state index in [-0.39, 0.29) is 12.8 Å². The van der Waals surface area contributed by atoms with Crippen molar-refractivity contribution in [3.63, 3.8) is 0 Å². The van der Waals surface area contributed by atoms with Crippen LogP contribution in [0.2, 0.25) is 0 Å². The van der Waals surface area contributed by atoms with Gasteiger partial charge in [0.1, 0.15) is 0 Å². The maximum Gasteiger partial charge on any atom is 0.307 e. The molecule has 0 fully saturated rings. The number of rotatable bonds is 14. The van der Waals surface area contributed by atoms with Gasteiger partial charge >= 0.3 is 11.9 Å². The summed E-state index contributed by atoms with van der Waals surface area (Å²) in [5.41, 5.74) is 0. The lowest BCUT2D eigenvalue weighted by molar-refractivity contribution is -0.148. The van der Waals surface area contributed by atoms with Gasteiger partial charge in [0.05, 0.1) is 12.3 Å². The molecule has 20 heavy (non-hydrogen) atoms. The summed E-state index contributed by atoms with van der Waals surface area (Å²) in [7, 11) is 0. The minimum absolute atomic E-state index is 0.262. The van der Waals surface area contributed by atoms with Gasteiger partial charge in [0.15, 0.2) is 0 Å². The lowest BCUT2D eigenvalue weighted by Crippen LogP contribution is -2.19. The van der Waals surface area contributed by atoms with Crippen LogP contribution in [0.15, 0.2) is 0 Å². The average molecular weight is 288 g/mol. The van der Waals surface area contributed by atoms with E-state index < -0.39 is 17.9 Å². The Hall–Kier alpha value is -1.10. The molecule has 0 rings (SSSR count). The molecule has 0 amide bonds. The zero-order valence-corrected chi connectivity index (χ0v) is 12.5. The van der Waals surface area contributed by atoms with Crippen molar-refractivity contribution in [3.8, 4) is 0 Å². The Bertz CT molecular complexity index is 265. The third-order valence-electron chi connectivity index (χ3n) is 3.27. The van der Waals surface area contributed by atoms with Gasteiger partial charge in [-0.3, -0.25) is 9.59 Å². The highest BCUT2D eigenvalue weighted by Crippen LogP contribution is 2.10. The van der Waals surface area contributed by atoms with E-state index in [9.17, 15) is 9.59 Å². The van der Waals surface area contributed by atoms with E-state index in [1.54, 1.807) is 0 Å². The number of hydrogen-bond donors (Lipinski definition) is 2. The molecule has 0 aliphatic rings. The van der Waals surface area contributed by atoms with E-state index >= 15 is 0 Å². The van der Waals surface area contributed by atoms with Crippen molar-refractivity contribution < 1.29 is 24.5 Å². The van der Waals surface area contributed by atoms with Crippen molar-refractivity contribution in [2.45, 2.75) is 64.7 Å². The molecule has 0 aromatic carbocycles. The van der Waals surface area contributed by atoms with Crippen LogP contribution < -0.4 is 0 Å². The number of carboxylic acids is 2. The van der Waals surface area contributed by atoms with E-state index in [1.807, 2.05) is 0 Å². The van der Waals surface area contributed by atoms with Crippen LogP contribution in [0, 0.1) is 5.92 Å². The fourth-order valence-corrected chi connectivity index (χ4v) is 2.01. The van der Waals surface area contributed by atoms with E-state index in [2.05, 4.69) is 6.92 Å². The number of hydrogen-bond acceptors (Lipinski definition) is 3. The topological polar surface area (TPSA) is 83.8 Å². The quantitative estimate of drug-likeness (QED) is 0.479. The summed E-state index contributed by atoms with van der Waals surface area (Å²) in [5, 5.41) is 17.4.